The summed E-state index contributed by atoms with van der Waals surface area (Å²) in [6, 6.07) is 10.1. The topological polar surface area (TPSA) is 32.3 Å². The number of thiophene rings is 1. The van der Waals surface area contributed by atoms with Gasteiger partial charge in [-0.3, -0.25) is 4.79 Å². The minimum Gasteiger partial charge on any atom is -0.347 e. The number of hydrogen-bond donors (Lipinski definition) is 1. The van der Waals surface area contributed by atoms with Crippen LogP contribution in [-0.2, 0) is 6.54 Å². The van der Waals surface area contributed by atoms with Gasteiger partial charge in [0.1, 0.15) is 4.88 Å². The number of nitrogens with zero attached hydrogens (tertiary/aromatic N) is 1. The van der Waals surface area contributed by atoms with E-state index in [9.17, 15) is 4.79 Å². The monoisotopic (exact) mass is 278 g/mol. The maximum atomic E-state index is 11.7. The van der Waals surface area contributed by atoms with Gasteiger partial charge >= 0.3 is 0 Å². The Kier molecular flexibility index (Phi) is 2.97. The quantitative estimate of drug-likeness (QED) is 0.915. The lowest BCUT2D eigenvalue weighted by Crippen LogP contribution is -2.42. The fourth-order valence-electron chi connectivity index (χ4n) is 2.05. The predicted molar refractivity (Wildman–Crippen MR) is 74.3 cm³/mol. The SMILES string of the molecule is O=C1NCN(Cc2ccccc2)c2c(Cl)csc21. The van der Waals surface area contributed by atoms with Gasteiger partial charge in [-0.15, -0.1) is 11.3 Å². The summed E-state index contributed by atoms with van der Waals surface area (Å²) >= 11 is 7.56. The summed E-state index contributed by atoms with van der Waals surface area (Å²) < 4.78 is 0. The molecule has 1 aromatic heterocycles. The van der Waals surface area contributed by atoms with Crippen LogP contribution in [0, 0.1) is 0 Å². The van der Waals surface area contributed by atoms with Gasteiger partial charge in [-0.1, -0.05) is 41.9 Å². The van der Waals surface area contributed by atoms with Gasteiger partial charge in [0.2, 0.25) is 0 Å². The van der Waals surface area contributed by atoms with Gasteiger partial charge in [-0.25, -0.2) is 0 Å². The highest BCUT2D eigenvalue weighted by atomic mass is 35.5. The molecule has 3 rings (SSSR count). The van der Waals surface area contributed by atoms with Crippen LogP contribution in [0.15, 0.2) is 35.7 Å². The van der Waals surface area contributed by atoms with Gasteiger partial charge in [0, 0.05) is 11.9 Å². The number of amides is 1. The van der Waals surface area contributed by atoms with Gasteiger partial charge in [0.05, 0.1) is 17.4 Å². The first-order valence-electron chi connectivity index (χ1n) is 5.60. The van der Waals surface area contributed by atoms with Crippen LogP contribution < -0.4 is 10.2 Å². The zero-order valence-corrected chi connectivity index (χ0v) is 11.1. The molecule has 0 atom stereocenters. The Morgan fingerprint density at radius 3 is 2.89 bits per heavy atom. The fourth-order valence-corrected chi connectivity index (χ4v) is 3.32. The van der Waals surface area contributed by atoms with Crippen LogP contribution in [0.1, 0.15) is 15.2 Å². The van der Waals surface area contributed by atoms with Gasteiger partial charge in [0.25, 0.3) is 5.91 Å². The van der Waals surface area contributed by atoms with Crippen LogP contribution in [0.25, 0.3) is 0 Å². The maximum absolute atomic E-state index is 11.7. The third-order valence-corrected chi connectivity index (χ3v) is 4.28. The lowest BCUT2D eigenvalue weighted by atomic mass is 10.2. The van der Waals surface area contributed by atoms with E-state index in [1.807, 2.05) is 23.6 Å². The molecule has 1 amide bonds. The molecule has 1 aliphatic heterocycles. The molecular weight excluding hydrogens is 268 g/mol. The van der Waals surface area contributed by atoms with Crippen molar-refractivity contribution in [3.05, 3.63) is 51.2 Å². The van der Waals surface area contributed by atoms with Crippen molar-refractivity contribution in [2.45, 2.75) is 6.54 Å². The molecule has 0 radical (unpaired) electrons. The number of anilines is 1. The van der Waals surface area contributed by atoms with Crippen molar-refractivity contribution in [1.29, 1.82) is 0 Å². The second-order valence-corrected chi connectivity index (χ2v) is 5.40. The molecule has 2 aromatic rings. The first-order valence-corrected chi connectivity index (χ1v) is 6.85. The number of hydrogen-bond acceptors (Lipinski definition) is 3. The highest BCUT2D eigenvalue weighted by Gasteiger charge is 2.26. The molecule has 1 aromatic carbocycles. The van der Waals surface area contributed by atoms with Crippen molar-refractivity contribution in [1.82, 2.24) is 5.32 Å². The van der Waals surface area contributed by atoms with E-state index in [0.717, 1.165) is 12.2 Å². The third kappa shape index (κ3) is 1.98. The van der Waals surface area contributed by atoms with Gasteiger partial charge in [-0.05, 0) is 5.56 Å². The van der Waals surface area contributed by atoms with E-state index in [4.69, 9.17) is 11.6 Å². The number of carbonyl (C=O) groups excluding carboxylic acids is 1. The molecule has 0 aliphatic carbocycles. The Labute approximate surface area is 114 Å². The summed E-state index contributed by atoms with van der Waals surface area (Å²) in [4.78, 5) is 14.5. The van der Waals surface area contributed by atoms with E-state index in [-0.39, 0.29) is 5.91 Å². The highest BCUT2D eigenvalue weighted by Crippen LogP contribution is 2.37. The molecule has 3 nitrogen and oxygen atoms in total. The van der Waals surface area contributed by atoms with E-state index in [1.54, 1.807) is 0 Å². The average molecular weight is 279 g/mol. The Hall–Kier alpha value is -1.52. The second kappa shape index (κ2) is 4.63. The molecular formula is C13H11ClN2OS. The maximum Gasteiger partial charge on any atom is 0.264 e. The number of nitrogens with one attached hydrogen (secondary N) is 1. The second-order valence-electron chi connectivity index (χ2n) is 4.11. The first-order chi connectivity index (χ1) is 8.75. The molecule has 1 aliphatic rings. The molecule has 0 fully saturated rings. The van der Waals surface area contributed by atoms with E-state index >= 15 is 0 Å². The zero-order valence-electron chi connectivity index (χ0n) is 9.52. The van der Waals surface area contributed by atoms with Crippen LogP contribution >= 0.6 is 22.9 Å². The standard InChI is InChI=1S/C13H11ClN2OS/c14-10-7-18-12-11(10)16(8-15-13(12)17)6-9-4-2-1-3-5-9/h1-5,7H,6,8H2,(H,15,17). The molecule has 2 heterocycles. The molecule has 5 heteroatoms. The Morgan fingerprint density at radius 1 is 1.33 bits per heavy atom. The third-order valence-electron chi connectivity index (χ3n) is 2.89. The minimum absolute atomic E-state index is 0.0359. The Bertz CT molecular complexity index is 582. The van der Waals surface area contributed by atoms with Crippen LogP contribution in [0.2, 0.25) is 5.02 Å². The zero-order chi connectivity index (χ0) is 12.5. The van der Waals surface area contributed by atoms with E-state index in [2.05, 4.69) is 22.3 Å². The van der Waals surface area contributed by atoms with Crippen molar-refractivity contribution < 1.29 is 4.79 Å². The molecule has 0 saturated heterocycles. The van der Waals surface area contributed by atoms with E-state index < -0.39 is 0 Å². The van der Waals surface area contributed by atoms with Crippen LogP contribution in [0.5, 0.6) is 0 Å². The summed E-state index contributed by atoms with van der Waals surface area (Å²) in [6.07, 6.45) is 0. The van der Waals surface area contributed by atoms with Crippen molar-refractivity contribution in [2.75, 3.05) is 11.6 Å². The summed E-state index contributed by atoms with van der Waals surface area (Å²) in [5.74, 6) is -0.0359. The van der Waals surface area contributed by atoms with Gasteiger partial charge in [0.15, 0.2) is 0 Å². The Morgan fingerprint density at radius 2 is 2.11 bits per heavy atom. The molecule has 0 spiro atoms. The molecule has 0 bridgehead atoms. The number of rotatable bonds is 2. The first kappa shape index (κ1) is 11.6. The van der Waals surface area contributed by atoms with Crippen LogP contribution in [0.4, 0.5) is 5.69 Å². The average Bonchev–Trinajstić information content (AvgIpc) is 2.78. The highest BCUT2D eigenvalue weighted by molar-refractivity contribution is 7.13. The van der Waals surface area contributed by atoms with Crippen molar-refractivity contribution in [3.8, 4) is 0 Å². The van der Waals surface area contributed by atoms with Crippen molar-refractivity contribution >= 4 is 34.5 Å². The summed E-state index contributed by atoms with van der Waals surface area (Å²) in [6.45, 7) is 1.24. The van der Waals surface area contributed by atoms with Crippen molar-refractivity contribution in [2.24, 2.45) is 0 Å². The predicted octanol–water partition coefficient (Wildman–Crippen LogP) is 3.11. The van der Waals surface area contributed by atoms with Crippen LogP contribution in [-0.4, -0.2) is 12.6 Å². The fraction of sp³-hybridized carbons (Fsp3) is 0.154. The number of carbonyl (C=O) groups is 1. The number of benzene rings is 1. The van der Waals surface area contributed by atoms with Gasteiger partial charge < -0.3 is 10.2 Å². The molecule has 0 saturated carbocycles. The van der Waals surface area contributed by atoms with Crippen molar-refractivity contribution in [3.63, 3.8) is 0 Å². The Balaban J connectivity index is 1.93. The van der Waals surface area contributed by atoms with Gasteiger partial charge in [-0.2, -0.15) is 0 Å². The normalized spacial score (nSPS) is 14.3. The van der Waals surface area contributed by atoms with E-state index in [0.29, 0.717) is 16.6 Å². The largest absolute Gasteiger partial charge is 0.347 e. The number of halogens is 1. The van der Waals surface area contributed by atoms with E-state index in [1.165, 1.54) is 16.9 Å². The lowest BCUT2D eigenvalue weighted by Gasteiger charge is -2.29. The summed E-state index contributed by atoms with van der Waals surface area (Å²) in [5, 5.41) is 5.33. The van der Waals surface area contributed by atoms with Crippen LogP contribution in [0.3, 0.4) is 0 Å². The molecule has 18 heavy (non-hydrogen) atoms. The lowest BCUT2D eigenvalue weighted by molar-refractivity contribution is 0.0951. The molecule has 1 N–H and O–H groups in total. The summed E-state index contributed by atoms with van der Waals surface area (Å²) in [5.41, 5.74) is 2.05. The molecule has 92 valence electrons. The molecule has 0 unspecified atom stereocenters. The number of fused-ring (bicyclic) bond motifs is 1. The summed E-state index contributed by atoms with van der Waals surface area (Å²) in [7, 11) is 0. The minimum atomic E-state index is -0.0359. The smallest absolute Gasteiger partial charge is 0.264 e.